The molecule has 0 spiro atoms. The minimum atomic E-state index is -4.70. The Morgan fingerprint density at radius 1 is 1.19 bits per heavy atom. The third-order valence-corrected chi connectivity index (χ3v) is 4.81. The van der Waals surface area contributed by atoms with E-state index in [1.807, 2.05) is 0 Å². The molecule has 0 aliphatic carbocycles. The Labute approximate surface area is 178 Å². The number of rotatable bonds is 5. The van der Waals surface area contributed by atoms with E-state index in [0.717, 1.165) is 25.3 Å². The summed E-state index contributed by atoms with van der Waals surface area (Å²) in [5, 5.41) is 2.70. The second-order valence-electron chi connectivity index (χ2n) is 6.95. The van der Waals surface area contributed by atoms with E-state index in [0.29, 0.717) is 4.57 Å². The maximum absolute atomic E-state index is 14.6. The quantitative estimate of drug-likeness (QED) is 0.431. The van der Waals surface area contributed by atoms with Crippen LogP contribution in [0.3, 0.4) is 0 Å². The van der Waals surface area contributed by atoms with Crippen LogP contribution < -0.4 is 10.9 Å². The Balaban J connectivity index is 2.15. The number of fused-ring (bicyclic) bond motifs is 1. The number of aromatic nitrogens is 3. The molecule has 0 bridgehead atoms. The van der Waals surface area contributed by atoms with E-state index in [1.54, 1.807) is 0 Å². The molecular weight excluding hydrogens is 438 g/mol. The first-order chi connectivity index (χ1) is 14.9. The molecule has 0 aliphatic heterocycles. The van der Waals surface area contributed by atoms with Crippen molar-refractivity contribution in [2.24, 2.45) is 0 Å². The lowest BCUT2D eigenvalue weighted by molar-refractivity contribution is -0.163. The first kappa shape index (κ1) is 23.1. The van der Waals surface area contributed by atoms with Crippen molar-refractivity contribution in [3.8, 4) is 12.3 Å². The standard InChI is InChI=1S/C21H16F6N4O/c1-4-15(12-6-5-7-13(18(12)22)19(23)24)30-20-14-9-31(10(2)21(25,26)27)17(32)8-16(14)28-11(3)29-20/h1,5-10,15,19H,2-3H3,(H,28,29,30)/t10-,15?/m1/s1. The molecule has 11 heteroatoms. The molecule has 1 unspecified atom stereocenters. The van der Waals surface area contributed by atoms with Gasteiger partial charge in [-0.25, -0.2) is 23.1 Å². The van der Waals surface area contributed by atoms with E-state index >= 15 is 0 Å². The predicted molar refractivity (Wildman–Crippen MR) is 106 cm³/mol. The van der Waals surface area contributed by atoms with Gasteiger partial charge in [0.05, 0.1) is 16.5 Å². The molecule has 0 saturated carbocycles. The van der Waals surface area contributed by atoms with Crippen molar-refractivity contribution < 1.29 is 26.3 Å². The van der Waals surface area contributed by atoms with E-state index in [2.05, 4.69) is 21.2 Å². The SMILES string of the molecule is C#CC(Nc1nc(C)nc2cc(=O)n([C@H](C)C(F)(F)F)cc12)c1cccc(C(F)F)c1F. The lowest BCUT2D eigenvalue weighted by atomic mass is 10.0. The number of benzene rings is 1. The highest BCUT2D eigenvalue weighted by Crippen LogP contribution is 2.32. The molecule has 0 fully saturated rings. The number of alkyl halides is 5. The number of halogens is 6. The number of terminal acetylenes is 1. The fourth-order valence-electron chi connectivity index (χ4n) is 3.11. The van der Waals surface area contributed by atoms with Crippen LogP contribution >= 0.6 is 0 Å². The summed E-state index contributed by atoms with van der Waals surface area (Å²) in [4.78, 5) is 20.4. The van der Waals surface area contributed by atoms with Crippen LogP contribution in [-0.2, 0) is 0 Å². The summed E-state index contributed by atoms with van der Waals surface area (Å²) in [7, 11) is 0. The maximum atomic E-state index is 14.6. The molecule has 1 aromatic carbocycles. The Bertz CT molecular complexity index is 1260. The number of nitrogens with one attached hydrogen (secondary N) is 1. The largest absolute Gasteiger partial charge is 0.408 e. The van der Waals surface area contributed by atoms with Crippen LogP contribution in [0.2, 0.25) is 0 Å². The average molecular weight is 454 g/mol. The van der Waals surface area contributed by atoms with Gasteiger partial charge in [-0.05, 0) is 13.8 Å². The predicted octanol–water partition coefficient (Wildman–Crippen LogP) is 5.09. The third-order valence-electron chi connectivity index (χ3n) is 4.81. The van der Waals surface area contributed by atoms with E-state index in [4.69, 9.17) is 6.42 Å². The fourth-order valence-corrected chi connectivity index (χ4v) is 3.11. The molecule has 1 N–H and O–H groups in total. The van der Waals surface area contributed by atoms with Crippen molar-refractivity contribution in [3.05, 3.63) is 63.6 Å². The van der Waals surface area contributed by atoms with Gasteiger partial charge < -0.3 is 9.88 Å². The second kappa shape index (κ2) is 8.53. The summed E-state index contributed by atoms with van der Waals surface area (Å²) in [6.45, 7) is 2.28. The number of aryl methyl sites for hydroxylation is 1. The van der Waals surface area contributed by atoms with Crippen LogP contribution in [0.4, 0.5) is 32.2 Å². The van der Waals surface area contributed by atoms with Gasteiger partial charge in [0, 0.05) is 17.8 Å². The van der Waals surface area contributed by atoms with Crippen LogP contribution in [0, 0.1) is 25.1 Å². The molecule has 2 heterocycles. The molecule has 0 radical (unpaired) electrons. The highest BCUT2D eigenvalue weighted by Gasteiger charge is 2.38. The highest BCUT2D eigenvalue weighted by atomic mass is 19.4. The molecule has 3 rings (SSSR count). The van der Waals surface area contributed by atoms with Crippen molar-refractivity contribution >= 4 is 16.7 Å². The van der Waals surface area contributed by atoms with E-state index < -0.39 is 41.6 Å². The lowest BCUT2D eigenvalue weighted by Crippen LogP contribution is -2.32. The van der Waals surface area contributed by atoms with Gasteiger partial charge in [-0.3, -0.25) is 4.79 Å². The third kappa shape index (κ3) is 4.39. The number of hydrogen-bond donors (Lipinski definition) is 1. The summed E-state index contributed by atoms with van der Waals surface area (Å²) in [6.07, 6.45) is -1.37. The van der Waals surface area contributed by atoms with Crippen molar-refractivity contribution in [3.63, 3.8) is 0 Å². The van der Waals surface area contributed by atoms with Gasteiger partial charge in [0.2, 0.25) is 0 Å². The lowest BCUT2D eigenvalue weighted by Gasteiger charge is -2.21. The average Bonchev–Trinajstić information content (AvgIpc) is 2.70. The van der Waals surface area contributed by atoms with Gasteiger partial charge in [-0.15, -0.1) is 6.42 Å². The van der Waals surface area contributed by atoms with Crippen LogP contribution in [0.1, 0.15) is 42.4 Å². The Morgan fingerprint density at radius 2 is 1.84 bits per heavy atom. The molecular formula is C21H16F6N4O. The first-order valence-corrected chi connectivity index (χ1v) is 9.20. The molecule has 2 aromatic heterocycles. The summed E-state index contributed by atoms with van der Waals surface area (Å²) in [5.41, 5.74) is -2.02. The van der Waals surface area contributed by atoms with Crippen LogP contribution in [-0.4, -0.2) is 20.7 Å². The van der Waals surface area contributed by atoms with Crippen LogP contribution in [0.5, 0.6) is 0 Å². The normalized spacial score (nSPS) is 13.8. The zero-order chi connectivity index (χ0) is 23.8. The summed E-state index contributed by atoms with van der Waals surface area (Å²) in [6, 6.07) is 0.816. The number of nitrogens with zero attached hydrogens (tertiary/aromatic N) is 3. The zero-order valence-electron chi connectivity index (χ0n) is 16.7. The molecule has 5 nitrogen and oxygen atoms in total. The summed E-state index contributed by atoms with van der Waals surface area (Å²) >= 11 is 0. The Hall–Kier alpha value is -3.55. The first-order valence-electron chi connectivity index (χ1n) is 9.20. The maximum Gasteiger partial charge on any atom is 0.408 e. The minimum Gasteiger partial charge on any atom is -0.352 e. The Morgan fingerprint density at radius 3 is 2.44 bits per heavy atom. The summed E-state index contributed by atoms with van der Waals surface area (Å²) < 4.78 is 80.7. The van der Waals surface area contributed by atoms with Gasteiger partial charge in [0.15, 0.2) is 0 Å². The second-order valence-corrected chi connectivity index (χ2v) is 6.95. The molecule has 3 aromatic rings. The molecule has 168 valence electrons. The van der Waals surface area contributed by atoms with E-state index in [1.165, 1.54) is 19.1 Å². The van der Waals surface area contributed by atoms with Crippen LogP contribution in [0.15, 0.2) is 35.3 Å². The van der Waals surface area contributed by atoms with E-state index in [9.17, 15) is 31.1 Å². The molecule has 0 aliphatic rings. The molecule has 0 amide bonds. The summed E-state index contributed by atoms with van der Waals surface area (Å²) in [5.74, 6) is 1.08. The van der Waals surface area contributed by atoms with Crippen molar-refractivity contribution in [1.29, 1.82) is 0 Å². The smallest absolute Gasteiger partial charge is 0.352 e. The minimum absolute atomic E-state index is 0.0111. The topological polar surface area (TPSA) is 59.8 Å². The van der Waals surface area contributed by atoms with Crippen LogP contribution in [0.25, 0.3) is 10.9 Å². The van der Waals surface area contributed by atoms with Gasteiger partial charge in [0.25, 0.3) is 12.0 Å². The van der Waals surface area contributed by atoms with Crippen molar-refractivity contribution in [2.45, 2.75) is 38.5 Å². The number of anilines is 1. The monoisotopic (exact) mass is 454 g/mol. The fraction of sp³-hybridized carbons (Fsp3) is 0.286. The van der Waals surface area contributed by atoms with Gasteiger partial charge in [-0.2, -0.15) is 13.2 Å². The Kier molecular flexibility index (Phi) is 6.16. The molecule has 2 atom stereocenters. The molecule has 32 heavy (non-hydrogen) atoms. The van der Waals surface area contributed by atoms with E-state index in [-0.39, 0.29) is 28.1 Å². The highest BCUT2D eigenvalue weighted by molar-refractivity contribution is 5.88. The molecule has 0 saturated heterocycles. The zero-order valence-corrected chi connectivity index (χ0v) is 16.7. The van der Waals surface area contributed by atoms with Gasteiger partial charge in [-0.1, -0.05) is 24.1 Å². The van der Waals surface area contributed by atoms with Gasteiger partial charge >= 0.3 is 6.18 Å². The van der Waals surface area contributed by atoms with Crippen molar-refractivity contribution in [1.82, 2.24) is 14.5 Å². The number of hydrogen-bond acceptors (Lipinski definition) is 4. The number of pyridine rings is 1. The van der Waals surface area contributed by atoms with Gasteiger partial charge in [0.1, 0.15) is 29.5 Å². The van der Waals surface area contributed by atoms with Crippen molar-refractivity contribution in [2.75, 3.05) is 5.32 Å².